The molecular formula is C13H23NO4. The SMILES string of the molecule is COCCN1C[C@H](C(=O)OCC(C)(C)C)CC1=O. The fraction of sp³-hybridized carbons (Fsp3) is 0.846. The third-order valence-electron chi connectivity index (χ3n) is 2.76. The van der Waals surface area contributed by atoms with E-state index in [-0.39, 0.29) is 29.6 Å². The molecule has 1 aliphatic heterocycles. The Balaban J connectivity index is 2.40. The summed E-state index contributed by atoms with van der Waals surface area (Å²) in [6, 6.07) is 0. The summed E-state index contributed by atoms with van der Waals surface area (Å²) in [6.45, 7) is 7.88. The van der Waals surface area contributed by atoms with E-state index in [0.717, 1.165) is 0 Å². The molecule has 0 radical (unpaired) electrons. The number of carbonyl (C=O) groups is 2. The maximum atomic E-state index is 11.8. The Morgan fingerprint density at radius 2 is 2.11 bits per heavy atom. The summed E-state index contributed by atoms with van der Waals surface area (Å²) in [5.74, 6) is -0.584. The Kier molecular flexibility index (Phi) is 5.14. The summed E-state index contributed by atoms with van der Waals surface area (Å²) in [5, 5.41) is 0. The molecule has 0 aliphatic carbocycles. The van der Waals surface area contributed by atoms with Crippen molar-refractivity contribution < 1.29 is 19.1 Å². The molecule has 0 N–H and O–H groups in total. The molecule has 5 heteroatoms. The Labute approximate surface area is 108 Å². The molecule has 5 nitrogen and oxygen atoms in total. The maximum absolute atomic E-state index is 11.8. The van der Waals surface area contributed by atoms with Crippen molar-refractivity contribution in [3.05, 3.63) is 0 Å². The molecule has 1 heterocycles. The van der Waals surface area contributed by atoms with Crippen LogP contribution in [0.1, 0.15) is 27.2 Å². The van der Waals surface area contributed by atoms with Gasteiger partial charge in [0.1, 0.15) is 0 Å². The van der Waals surface area contributed by atoms with Crippen LogP contribution in [0.15, 0.2) is 0 Å². The lowest BCUT2D eigenvalue weighted by Gasteiger charge is -2.19. The Morgan fingerprint density at radius 1 is 1.44 bits per heavy atom. The van der Waals surface area contributed by atoms with Crippen LogP contribution in [0.5, 0.6) is 0 Å². The van der Waals surface area contributed by atoms with Gasteiger partial charge in [0.25, 0.3) is 0 Å². The number of hydrogen-bond acceptors (Lipinski definition) is 4. The molecule has 18 heavy (non-hydrogen) atoms. The van der Waals surface area contributed by atoms with Gasteiger partial charge in [-0.2, -0.15) is 0 Å². The lowest BCUT2D eigenvalue weighted by molar-refractivity contribution is -0.151. The largest absolute Gasteiger partial charge is 0.465 e. The summed E-state index contributed by atoms with van der Waals surface area (Å²) >= 11 is 0. The van der Waals surface area contributed by atoms with Crippen molar-refractivity contribution >= 4 is 11.9 Å². The summed E-state index contributed by atoms with van der Waals surface area (Å²) in [6.07, 6.45) is 0.257. The molecule has 0 bridgehead atoms. The minimum absolute atomic E-state index is 0.00441. The van der Waals surface area contributed by atoms with E-state index in [2.05, 4.69) is 0 Å². The van der Waals surface area contributed by atoms with Crippen molar-refractivity contribution in [2.24, 2.45) is 11.3 Å². The van der Waals surface area contributed by atoms with Crippen molar-refractivity contribution in [1.82, 2.24) is 4.90 Å². The quantitative estimate of drug-likeness (QED) is 0.691. The highest BCUT2D eigenvalue weighted by Crippen LogP contribution is 2.20. The van der Waals surface area contributed by atoms with Crippen LogP contribution in [0.4, 0.5) is 0 Å². The van der Waals surface area contributed by atoms with Crippen molar-refractivity contribution in [2.75, 3.05) is 33.4 Å². The molecular weight excluding hydrogens is 234 g/mol. The molecule has 0 saturated carbocycles. The van der Waals surface area contributed by atoms with Crippen LogP contribution in [-0.2, 0) is 19.1 Å². The van der Waals surface area contributed by atoms with E-state index in [9.17, 15) is 9.59 Å². The lowest BCUT2D eigenvalue weighted by Crippen LogP contribution is -2.30. The average Bonchev–Trinajstić information content (AvgIpc) is 2.64. The molecule has 1 fully saturated rings. The number of likely N-dealkylation sites (tertiary alicyclic amines) is 1. The van der Waals surface area contributed by atoms with Crippen LogP contribution < -0.4 is 0 Å². The van der Waals surface area contributed by atoms with E-state index in [0.29, 0.717) is 26.3 Å². The first-order valence-corrected chi connectivity index (χ1v) is 6.27. The third-order valence-corrected chi connectivity index (χ3v) is 2.76. The molecule has 1 aliphatic rings. The Hall–Kier alpha value is -1.10. The summed E-state index contributed by atoms with van der Waals surface area (Å²) in [4.78, 5) is 25.1. The summed E-state index contributed by atoms with van der Waals surface area (Å²) in [7, 11) is 1.59. The van der Waals surface area contributed by atoms with E-state index in [1.807, 2.05) is 20.8 Å². The van der Waals surface area contributed by atoms with E-state index in [1.165, 1.54) is 0 Å². The molecule has 1 rings (SSSR count). The number of hydrogen-bond donors (Lipinski definition) is 0. The van der Waals surface area contributed by atoms with E-state index < -0.39 is 0 Å². The standard InChI is InChI=1S/C13H23NO4/c1-13(2,3)9-18-12(16)10-7-11(15)14(8-10)5-6-17-4/h10H,5-9H2,1-4H3/t10-/m1/s1. The van der Waals surface area contributed by atoms with Gasteiger partial charge < -0.3 is 14.4 Å². The maximum Gasteiger partial charge on any atom is 0.311 e. The number of nitrogens with zero attached hydrogens (tertiary/aromatic N) is 1. The van der Waals surface area contributed by atoms with Gasteiger partial charge in [0.05, 0.1) is 19.1 Å². The molecule has 0 spiro atoms. The van der Waals surface area contributed by atoms with Gasteiger partial charge in [-0.25, -0.2) is 0 Å². The second kappa shape index (κ2) is 6.18. The van der Waals surface area contributed by atoms with Gasteiger partial charge in [-0.05, 0) is 5.41 Å². The van der Waals surface area contributed by atoms with Crippen LogP contribution >= 0.6 is 0 Å². The fourth-order valence-electron chi connectivity index (χ4n) is 1.75. The molecule has 0 aromatic rings. The number of esters is 1. The van der Waals surface area contributed by atoms with Crippen molar-refractivity contribution in [1.29, 1.82) is 0 Å². The average molecular weight is 257 g/mol. The first-order chi connectivity index (χ1) is 8.33. The molecule has 1 saturated heterocycles. The minimum atomic E-state index is -0.322. The molecule has 0 unspecified atom stereocenters. The summed E-state index contributed by atoms with van der Waals surface area (Å²) < 4.78 is 10.2. The van der Waals surface area contributed by atoms with Crippen molar-refractivity contribution in [3.8, 4) is 0 Å². The minimum Gasteiger partial charge on any atom is -0.465 e. The zero-order valence-electron chi connectivity index (χ0n) is 11.7. The van der Waals surface area contributed by atoms with Crippen LogP contribution in [-0.4, -0.2) is 50.2 Å². The van der Waals surface area contributed by atoms with Gasteiger partial charge in [-0.3, -0.25) is 9.59 Å². The zero-order valence-corrected chi connectivity index (χ0v) is 11.7. The molecule has 1 atom stereocenters. The molecule has 1 amide bonds. The first kappa shape index (κ1) is 15.0. The van der Waals surface area contributed by atoms with Gasteiger partial charge in [0, 0.05) is 26.6 Å². The number of methoxy groups -OCH3 is 1. The molecule has 0 aromatic carbocycles. The number of ether oxygens (including phenoxy) is 2. The smallest absolute Gasteiger partial charge is 0.311 e. The van der Waals surface area contributed by atoms with E-state index in [4.69, 9.17) is 9.47 Å². The van der Waals surface area contributed by atoms with Gasteiger partial charge in [0.2, 0.25) is 5.91 Å². The highest BCUT2D eigenvalue weighted by Gasteiger charge is 2.35. The normalized spacial score (nSPS) is 20.3. The first-order valence-electron chi connectivity index (χ1n) is 6.27. The Bertz CT molecular complexity index is 309. The highest BCUT2D eigenvalue weighted by molar-refractivity contribution is 5.86. The van der Waals surface area contributed by atoms with Gasteiger partial charge in [0.15, 0.2) is 0 Å². The van der Waals surface area contributed by atoms with Crippen LogP contribution in [0.25, 0.3) is 0 Å². The second-order valence-electron chi connectivity index (χ2n) is 5.90. The topological polar surface area (TPSA) is 55.8 Å². The second-order valence-corrected chi connectivity index (χ2v) is 5.90. The fourth-order valence-corrected chi connectivity index (χ4v) is 1.75. The van der Waals surface area contributed by atoms with Crippen LogP contribution in [0, 0.1) is 11.3 Å². The van der Waals surface area contributed by atoms with Gasteiger partial charge in [-0.1, -0.05) is 20.8 Å². The molecule has 0 aromatic heterocycles. The number of carbonyl (C=O) groups excluding carboxylic acids is 2. The molecule has 104 valence electrons. The predicted octanol–water partition coefficient (Wildman–Crippen LogP) is 1.07. The zero-order chi connectivity index (χ0) is 13.8. The van der Waals surface area contributed by atoms with Gasteiger partial charge in [-0.15, -0.1) is 0 Å². The van der Waals surface area contributed by atoms with E-state index in [1.54, 1.807) is 12.0 Å². The van der Waals surface area contributed by atoms with E-state index >= 15 is 0 Å². The van der Waals surface area contributed by atoms with Gasteiger partial charge >= 0.3 is 5.97 Å². The third kappa shape index (κ3) is 4.64. The van der Waals surface area contributed by atoms with Crippen molar-refractivity contribution in [3.63, 3.8) is 0 Å². The summed E-state index contributed by atoms with van der Waals surface area (Å²) in [5.41, 5.74) is -0.0476. The monoisotopic (exact) mass is 257 g/mol. The van der Waals surface area contributed by atoms with Crippen LogP contribution in [0.2, 0.25) is 0 Å². The highest BCUT2D eigenvalue weighted by atomic mass is 16.5. The van der Waals surface area contributed by atoms with Crippen molar-refractivity contribution in [2.45, 2.75) is 27.2 Å². The number of rotatable bonds is 5. The Morgan fingerprint density at radius 3 is 2.67 bits per heavy atom. The lowest BCUT2D eigenvalue weighted by atomic mass is 9.98. The predicted molar refractivity (Wildman–Crippen MR) is 67.0 cm³/mol. The number of amides is 1. The van der Waals surface area contributed by atoms with Crippen LogP contribution in [0.3, 0.4) is 0 Å².